The molecule has 23 heavy (non-hydrogen) atoms. The van der Waals surface area contributed by atoms with E-state index in [0.717, 1.165) is 22.2 Å². The molecule has 0 bridgehead atoms. The molecule has 7 nitrogen and oxygen atoms in total. The van der Waals surface area contributed by atoms with Crippen LogP contribution in [0.4, 0.5) is 11.5 Å². The second-order valence-electron chi connectivity index (χ2n) is 4.94. The molecule has 2 aromatic carbocycles. The van der Waals surface area contributed by atoms with Crippen molar-refractivity contribution < 1.29 is 4.74 Å². The van der Waals surface area contributed by atoms with Crippen LogP contribution in [0.15, 0.2) is 48.5 Å². The summed E-state index contributed by atoms with van der Waals surface area (Å²) in [5.74, 6) is 1.45. The van der Waals surface area contributed by atoms with Crippen LogP contribution in [0.3, 0.4) is 0 Å². The summed E-state index contributed by atoms with van der Waals surface area (Å²) in [5, 5.41) is 21.3. The molecule has 0 saturated heterocycles. The number of para-hydroxylation sites is 2. The standard InChI is InChI=1S/C16H14N6O/c1-2-23-14-10-6-5-9-13(14)17-15-11-7-3-4-8-12(11)16-18-20-21-22(16)19-15/h3-10H,2H2,1H3,(H,17,19). The van der Waals surface area contributed by atoms with E-state index >= 15 is 0 Å². The minimum atomic E-state index is 0.596. The minimum Gasteiger partial charge on any atom is -0.492 e. The van der Waals surface area contributed by atoms with Crippen molar-refractivity contribution in [1.29, 1.82) is 0 Å². The summed E-state index contributed by atoms with van der Waals surface area (Å²) in [6.45, 7) is 2.55. The molecule has 4 aromatic rings. The maximum absolute atomic E-state index is 5.66. The Hall–Kier alpha value is -3.22. The van der Waals surface area contributed by atoms with Crippen LogP contribution in [0.25, 0.3) is 16.4 Å². The van der Waals surface area contributed by atoms with E-state index in [1.54, 1.807) is 0 Å². The highest BCUT2D eigenvalue weighted by Crippen LogP contribution is 2.30. The maximum atomic E-state index is 5.66. The first-order valence-electron chi connectivity index (χ1n) is 7.33. The lowest BCUT2D eigenvalue weighted by Gasteiger charge is -2.13. The molecule has 0 saturated carbocycles. The number of rotatable bonds is 4. The number of ether oxygens (including phenoxy) is 1. The van der Waals surface area contributed by atoms with Crippen molar-refractivity contribution in [3.8, 4) is 5.75 Å². The van der Waals surface area contributed by atoms with Gasteiger partial charge in [-0.05, 0) is 29.5 Å². The molecule has 0 unspecified atom stereocenters. The zero-order valence-electron chi connectivity index (χ0n) is 12.5. The van der Waals surface area contributed by atoms with Gasteiger partial charge in [0.2, 0.25) is 5.65 Å². The van der Waals surface area contributed by atoms with E-state index in [0.29, 0.717) is 18.1 Å². The summed E-state index contributed by atoms with van der Waals surface area (Å²) >= 11 is 0. The molecule has 0 spiro atoms. The third-order valence-corrected chi connectivity index (χ3v) is 3.51. The third kappa shape index (κ3) is 2.32. The highest BCUT2D eigenvalue weighted by molar-refractivity contribution is 6.00. The monoisotopic (exact) mass is 306 g/mol. The van der Waals surface area contributed by atoms with Crippen LogP contribution in [0, 0.1) is 0 Å². The van der Waals surface area contributed by atoms with E-state index in [2.05, 4.69) is 25.9 Å². The van der Waals surface area contributed by atoms with Gasteiger partial charge in [-0.25, -0.2) is 0 Å². The van der Waals surface area contributed by atoms with Crippen molar-refractivity contribution in [2.75, 3.05) is 11.9 Å². The van der Waals surface area contributed by atoms with Crippen molar-refractivity contribution >= 4 is 27.9 Å². The van der Waals surface area contributed by atoms with Crippen LogP contribution in [-0.2, 0) is 0 Å². The number of nitrogens with one attached hydrogen (secondary N) is 1. The van der Waals surface area contributed by atoms with E-state index < -0.39 is 0 Å². The van der Waals surface area contributed by atoms with E-state index in [4.69, 9.17) is 4.74 Å². The van der Waals surface area contributed by atoms with Crippen LogP contribution in [0.5, 0.6) is 5.75 Å². The van der Waals surface area contributed by atoms with E-state index in [1.807, 2.05) is 55.5 Å². The first-order valence-corrected chi connectivity index (χ1v) is 7.33. The largest absolute Gasteiger partial charge is 0.492 e. The summed E-state index contributed by atoms with van der Waals surface area (Å²) in [7, 11) is 0. The second kappa shape index (κ2) is 5.53. The second-order valence-corrected chi connectivity index (χ2v) is 4.94. The van der Waals surface area contributed by atoms with Crippen LogP contribution < -0.4 is 10.1 Å². The Bertz CT molecular complexity index is 981. The zero-order valence-corrected chi connectivity index (χ0v) is 12.5. The number of benzene rings is 2. The Balaban J connectivity index is 1.88. The number of aromatic nitrogens is 5. The quantitative estimate of drug-likeness (QED) is 0.624. The number of anilines is 2. The van der Waals surface area contributed by atoms with Crippen molar-refractivity contribution in [2.45, 2.75) is 6.92 Å². The Morgan fingerprint density at radius 2 is 1.83 bits per heavy atom. The Labute approximate surface area is 131 Å². The third-order valence-electron chi connectivity index (χ3n) is 3.51. The minimum absolute atomic E-state index is 0.596. The summed E-state index contributed by atoms with van der Waals surface area (Å²) < 4.78 is 7.08. The molecule has 0 fully saturated rings. The number of hydrogen-bond donors (Lipinski definition) is 1. The molecular formula is C16H14N6O. The summed E-state index contributed by atoms with van der Waals surface area (Å²) in [5.41, 5.74) is 1.48. The molecular weight excluding hydrogens is 292 g/mol. The molecule has 7 heteroatoms. The Morgan fingerprint density at radius 3 is 2.70 bits per heavy atom. The van der Waals surface area contributed by atoms with Gasteiger partial charge in [-0.3, -0.25) is 0 Å². The lowest BCUT2D eigenvalue weighted by molar-refractivity contribution is 0.342. The summed E-state index contributed by atoms with van der Waals surface area (Å²) in [6, 6.07) is 15.6. The topological polar surface area (TPSA) is 77.2 Å². The van der Waals surface area contributed by atoms with Crippen LogP contribution in [0.1, 0.15) is 6.92 Å². The number of fused-ring (bicyclic) bond motifs is 3. The molecule has 114 valence electrons. The van der Waals surface area contributed by atoms with E-state index in [1.165, 1.54) is 4.63 Å². The van der Waals surface area contributed by atoms with Gasteiger partial charge in [-0.2, -0.15) is 0 Å². The van der Waals surface area contributed by atoms with Gasteiger partial charge < -0.3 is 10.1 Å². The highest BCUT2D eigenvalue weighted by atomic mass is 16.5. The van der Waals surface area contributed by atoms with Crippen LogP contribution in [-0.4, -0.2) is 31.9 Å². The van der Waals surface area contributed by atoms with E-state index in [9.17, 15) is 0 Å². The fourth-order valence-electron chi connectivity index (χ4n) is 2.52. The molecule has 0 aliphatic rings. The van der Waals surface area contributed by atoms with Gasteiger partial charge in [0, 0.05) is 10.8 Å². The fourth-order valence-corrected chi connectivity index (χ4v) is 2.52. The molecule has 2 aromatic heterocycles. The van der Waals surface area contributed by atoms with Gasteiger partial charge in [-0.1, -0.05) is 36.4 Å². The molecule has 0 amide bonds. The summed E-state index contributed by atoms with van der Waals surface area (Å²) in [4.78, 5) is 0. The molecule has 0 aliphatic carbocycles. The van der Waals surface area contributed by atoms with Crippen LogP contribution >= 0.6 is 0 Å². The lowest BCUT2D eigenvalue weighted by Crippen LogP contribution is -2.04. The average Bonchev–Trinajstić information content (AvgIpc) is 3.06. The predicted octanol–water partition coefficient (Wildman–Crippen LogP) is 2.81. The highest BCUT2D eigenvalue weighted by Gasteiger charge is 2.12. The SMILES string of the molecule is CCOc1ccccc1Nc1nn2nnnc2c2ccccc12. The number of tetrazole rings is 1. The van der Waals surface area contributed by atoms with Gasteiger partial charge in [0.05, 0.1) is 12.3 Å². The Kier molecular flexibility index (Phi) is 3.23. The van der Waals surface area contributed by atoms with Gasteiger partial charge in [0.25, 0.3) is 0 Å². The van der Waals surface area contributed by atoms with Crippen molar-refractivity contribution in [2.24, 2.45) is 0 Å². The lowest BCUT2D eigenvalue weighted by atomic mass is 10.2. The van der Waals surface area contributed by atoms with Gasteiger partial charge >= 0.3 is 0 Å². The van der Waals surface area contributed by atoms with Crippen LogP contribution in [0.2, 0.25) is 0 Å². The zero-order chi connectivity index (χ0) is 15.6. The smallest absolute Gasteiger partial charge is 0.207 e. The summed E-state index contributed by atoms with van der Waals surface area (Å²) in [6.07, 6.45) is 0. The van der Waals surface area contributed by atoms with E-state index in [-0.39, 0.29) is 0 Å². The first kappa shape index (κ1) is 13.4. The average molecular weight is 306 g/mol. The molecule has 0 atom stereocenters. The molecule has 4 rings (SSSR count). The van der Waals surface area contributed by atoms with Gasteiger partial charge in [0.1, 0.15) is 5.75 Å². The van der Waals surface area contributed by atoms with Gasteiger partial charge in [0.15, 0.2) is 5.82 Å². The molecule has 1 N–H and O–H groups in total. The maximum Gasteiger partial charge on any atom is 0.207 e. The molecule has 0 aliphatic heterocycles. The molecule has 2 heterocycles. The number of nitrogens with zero attached hydrogens (tertiary/aromatic N) is 5. The number of hydrogen-bond acceptors (Lipinski definition) is 6. The van der Waals surface area contributed by atoms with Crippen molar-refractivity contribution in [1.82, 2.24) is 25.3 Å². The first-order chi connectivity index (χ1) is 11.4. The van der Waals surface area contributed by atoms with Crippen molar-refractivity contribution in [3.05, 3.63) is 48.5 Å². The fraction of sp³-hybridized carbons (Fsp3) is 0.125. The Morgan fingerprint density at radius 1 is 1.04 bits per heavy atom. The van der Waals surface area contributed by atoms with Gasteiger partial charge in [-0.15, -0.1) is 14.8 Å². The predicted molar refractivity (Wildman–Crippen MR) is 87.0 cm³/mol. The normalized spacial score (nSPS) is 11.0. The van der Waals surface area contributed by atoms with Crippen molar-refractivity contribution in [3.63, 3.8) is 0 Å². The molecule has 0 radical (unpaired) electrons.